The van der Waals surface area contributed by atoms with Gasteiger partial charge in [0.1, 0.15) is 0 Å². The van der Waals surface area contributed by atoms with E-state index in [0.29, 0.717) is 0 Å². The minimum atomic E-state index is -5.18. The zero-order valence-electron chi connectivity index (χ0n) is 11.0. The fraction of sp³-hybridized carbons (Fsp3) is 0.462. The number of fused-ring (bicyclic) bond motifs is 1. The summed E-state index contributed by atoms with van der Waals surface area (Å²) in [5, 5.41) is 19.3. The standard InChI is InChI=1S/C13H10F6O3/c1-4(20)8-10(21)6-2-5(12(14,15)16)3-7(13(17,18)19)9(6)11(8)22/h2-4,8,11,20,22H,1H3. The molecule has 3 unspecified atom stereocenters. The van der Waals surface area contributed by atoms with Crippen molar-refractivity contribution in [2.45, 2.75) is 31.5 Å². The summed E-state index contributed by atoms with van der Waals surface area (Å²) in [5.41, 5.74) is -5.14. The topological polar surface area (TPSA) is 57.5 Å². The Hall–Kier alpha value is -1.61. The predicted molar refractivity (Wildman–Crippen MR) is 60.9 cm³/mol. The average Bonchev–Trinajstić information content (AvgIpc) is 2.58. The minimum Gasteiger partial charge on any atom is -0.393 e. The smallest absolute Gasteiger partial charge is 0.393 e. The molecule has 0 radical (unpaired) electrons. The maximum absolute atomic E-state index is 13.0. The summed E-state index contributed by atoms with van der Waals surface area (Å²) in [6.45, 7) is 1.07. The van der Waals surface area contributed by atoms with Crippen molar-refractivity contribution in [1.29, 1.82) is 0 Å². The number of benzene rings is 1. The number of hydrogen-bond donors (Lipinski definition) is 2. The highest BCUT2D eigenvalue weighted by Crippen LogP contribution is 2.47. The van der Waals surface area contributed by atoms with Crippen LogP contribution in [0.5, 0.6) is 0 Å². The number of hydrogen-bond acceptors (Lipinski definition) is 3. The Labute approximate surface area is 120 Å². The van der Waals surface area contributed by atoms with Gasteiger partial charge in [0.15, 0.2) is 5.78 Å². The molecule has 1 aliphatic carbocycles. The lowest BCUT2D eigenvalue weighted by Crippen LogP contribution is -2.26. The van der Waals surface area contributed by atoms with E-state index in [1.165, 1.54) is 0 Å². The molecule has 2 rings (SSSR count). The van der Waals surface area contributed by atoms with E-state index in [1.807, 2.05) is 0 Å². The Bertz CT molecular complexity index is 617. The summed E-state index contributed by atoms with van der Waals surface area (Å²) in [4.78, 5) is 12.0. The summed E-state index contributed by atoms with van der Waals surface area (Å²) in [6.07, 6.45) is -13.8. The number of halogens is 6. The van der Waals surface area contributed by atoms with Crippen LogP contribution in [0.2, 0.25) is 0 Å². The monoisotopic (exact) mass is 328 g/mol. The molecular formula is C13H10F6O3. The van der Waals surface area contributed by atoms with Crippen LogP contribution in [0.15, 0.2) is 12.1 Å². The van der Waals surface area contributed by atoms with Gasteiger partial charge in [-0.25, -0.2) is 0 Å². The molecule has 9 heteroatoms. The molecule has 3 atom stereocenters. The van der Waals surface area contributed by atoms with Crippen LogP contribution >= 0.6 is 0 Å². The lowest BCUT2D eigenvalue weighted by molar-refractivity contribution is -0.144. The third-order valence-corrected chi connectivity index (χ3v) is 3.54. The Morgan fingerprint density at radius 1 is 1.09 bits per heavy atom. The molecule has 0 bridgehead atoms. The molecule has 22 heavy (non-hydrogen) atoms. The molecule has 0 aromatic heterocycles. The maximum atomic E-state index is 13.0. The van der Waals surface area contributed by atoms with Gasteiger partial charge >= 0.3 is 12.4 Å². The van der Waals surface area contributed by atoms with E-state index in [1.54, 1.807) is 0 Å². The SMILES string of the molecule is CC(O)C1C(=O)c2cc(C(F)(F)F)cc(C(F)(F)F)c2C1O. The van der Waals surface area contributed by atoms with Crippen LogP contribution in [0, 0.1) is 5.92 Å². The van der Waals surface area contributed by atoms with Gasteiger partial charge in [0, 0.05) is 11.1 Å². The van der Waals surface area contributed by atoms with Crippen LogP contribution in [0.4, 0.5) is 26.3 Å². The first kappa shape index (κ1) is 16.8. The van der Waals surface area contributed by atoms with Crippen molar-refractivity contribution < 1.29 is 41.4 Å². The third-order valence-electron chi connectivity index (χ3n) is 3.54. The number of carbonyl (C=O) groups excluding carboxylic acids is 1. The summed E-state index contributed by atoms with van der Waals surface area (Å²) < 4.78 is 77.1. The molecule has 0 aliphatic heterocycles. The second-order valence-corrected chi connectivity index (χ2v) is 5.06. The van der Waals surface area contributed by atoms with Gasteiger partial charge in [0.2, 0.25) is 0 Å². The molecule has 122 valence electrons. The van der Waals surface area contributed by atoms with Crippen molar-refractivity contribution in [3.05, 3.63) is 34.4 Å². The Morgan fingerprint density at radius 3 is 2.05 bits per heavy atom. The van der Waals surface area contributed by atoms with Gasteiger partial charge in [-0.15, -0.1) is 0 Å². The molecule has 0 fully saturated rings. The zero-order chi connectivity index (χ0) is 17.0. The van der Waals surface area contributed by atoms with E-state index in [0.717, 1.165) is 6.92 Å². The number of aliphatic hydroxyl groups excluding tert-OH is 2. The second kappa shape index (κ2) is 4.95. The van der Waals surface area contributed by atoms with E-state index >= 15 is 0 Å². The lowest BCUT2D eigenvalue weighted by atomic mass is 9.95. The van der Waals surface area contributed by atoms with Gasteiger partial charge in [0.25, 0.3) is 0 Å². The molecule has 0 saturated carbocycles. The van der Waals surface area contributed by atoms with Crippen LogP contribution < -0.4 is 0 Å². The van der Waals surface area contributed by atoms with Gasteiger partial charge in [0.05, 0.1) is 29.3 Å². The first-order valence-electron chi connectivity index (χ1n) is 6.08. The maximum Gasteiger partial charge on any atom is 0.416 e. The molecule has 1 aromatic carbocycles. The molecule has 0 spiro atoms. The second-order valence-electron chi connectivity index (χ2n) is 5.06. The largest absolute Gasteiger partial charge is 0.416 e. The number of Topliss-reactive ketones (excluding diaryl/α,β-unsaturated/α-hetero) is 1. The van der Waals surface area contributed by atoms with Crippen molar-refractivity contribution in [2.75, 3.05) is 0 Å². The van der Waals surface area contributed by atoms with Gasteiger partial charge in [-0.3, -0.25) is 4.79 Å². The van der Waals surface area contributed by atoms with Crippen LogP contribution in [0.3, 0.4) is 0 Å². The van der Waals surface area contributed by atoms with Gasteiger partial charge in [-0.2, -0.15) is 26.3 Å². The molecule has 3 nitrogen and oxygen atoms in total. The highest BCUT2D eigenvalue weighted by molar-refractivity contribution is 6.03. The molecule has 0 saturated heterocycles. The lowest BCUT2D eigenvalue weighted by Gasteiger charge is -2.19. The van der Waals surface area contributed by atoms with Crippen molar-refractivity contribution >= 4 is 5.78 Å². The van der Waals surface area contributed by atoms with E-state index < -0.39 is 58.5 Å². The molecule has 0 heterocycles. The van der Waals surface area contributed by atoms with E-state index in [-0.39, 0.29) is 12.1 Å². The van der Waals surface area contributed by atoms with E-state index in [9.17, 15) is 41.4 Å². The quantitative estimate of drug-likeness (QED) is 0.780. The van der Waals surface area contributed by atoms with Crippen molar-refractivity contribution in [1.82, 2.24) is 0 Å². The Morgan fingerprint density at radius 2 is 1.64 bits per heavy atom. The normalized spacial score (nSPS) is 23.6. The molecule has 1 aliphatic rings. The van der Waals surface area contributed by atoms with Gasteiger partial charge < -0.3 is 10.2 Å². The van der Waals surface area contributed by atoms with E-state index in [2.05, 4.69) is 0 Å². The van der Waals surface area contributed by atoms with Gasteiger partial charge in [-0.05, 0) is 19.1 Å². The van der Waals surface area contributed by atoms with Crippen molar-refractivity contribution in [3.63, 3.8) is 0 Å². The van der Waals surface area contributed by atoms with Crippen molar-refractivity contribution in [2.24, 2.45) is 5.92 Å². The van der Waals surface area contributed by atoms with Crippen LogP contribution in [0.1, 0.15) is 40.1 Å². The summed E-state index contributed by atoms with van der Waals surface area (Å²) in [5.74, 6) is -2.77. The van der Waals surface area contributed by atoms with Crippen molar-refractivity contribution in [3.8, 4) is 0 Å². The summed E-state index contributed by atoms with van der Waals surface area (Å²) >= 11 is 0. The molecule has 1 aromatic rings. The molecular weight excluding hydrogens is 318 g/mol. The summed E-state index contributed by atoms with van der Waals surface area (Å²) in [6, 6.07) is 0.137. The minimum absolute atomic E-state index is 0.139. The van der Waals surface area contributed by atoms with Gasteiger partial charge in [-0.1, -0.05) is 0 Å². The summed E-state index contributed by atoms with van der Waals surface area (Å²) in [7, 11) is 0. The first-order chi connectivity index (χ1) is 9.85. The van der Waals surface area contributed by atoms with Crippen LogP contribution in [-0.2, 0) is 12.4 Å². The number of ketones is 1. The third kappa shape index (κ3) is 2.58. The number of aliphatic hydroxyl groups is 2. The van der Waals surface area contributed by atoms with Crippen LogP contribution in [0.25, 0.3) is 0 Å². The fourth-order valence-corrected chi connectivity index (χ4v) is 2.56. The fourth-order valence-electron chi connectivity index (χ4n) is 2.56. The van der Waals surface area contributed by atoms with Crippen LogP contribution in [-0.4, -0.2) is 22.1 Å². The number of carbonyl (C=O) groups is 1. The highest BCUT2D eigenvalue weighted by atomic mass is 19.4. The van der Waals surface area contributed by atoms with E-state index in [4.69, 9.17) is 0 Å². The molecule has 2 N–H and O–H groups in total. The average molecular weight is 328 g/mol. The predicted octanol–water partition coefficient (Wildman–Crippen LogP) is 2.95. The zero-order valence-corrected chi connectivity index (χ0v) is 11.0. The highest BCUT2D eigenvalue weighted by Gasteiger charge is 2.49. The number of rotatable bonds is 1. The Kier molecular flexibility index (Phi) is 3.77. The first-order valence-corrected chi connectivity index (χ1v) is 6.08. The molecule has 0 amide bonds. The Balaban J connectivity index is 2.76. The number of alkyl halides is 6.